The number of amides is 1. The Morgan fingerprint density at radius 1 is 1.03 bits per heavy atom. The summed E-state index contributed by atoms with van der Waals surface area (Å²) in [5, 5.41) is 6.72. The highest BCUT2D eigenvalue weighted by atomic mass is 19.1. The third-order valence-electron chi connectivity index (χ3n) is 4.61. The Hall–Kier alpha value is -4.20. The summed E-state index contributed by atoms with van der Waals surface area (Å²) < 4.78 is 27.4. The quantitative estimate of drug-likeness (QED) is 0.439. The fraction of sp³-hybridized carbons (Fsp3) is 0.125. The van der Waals surface area contributed by atoms with Crippen LogP contribution in [0.4, 0.5) is 10.1 Å². The van der Waals surface area contributed by atoms with Crippen molar-refractivity contribution in [1.29, 1.82) is 0 Å². The van der Waals surface area contributed by atoms with Gasteiger partial charge in [-0.2, -0.15) is 5.10 Å². The van der Waals surface area contributed by atoms with Gasteiger partial charge < -0.3 is 14.8 Å². The SMILES string of the molecule is CCOc1cc(C(=O)Nc2ccc(-n3cccn3)c(F)c2)ccc1OCc1ccncc1. The van der Waals surface area contributed by atoms with Crippen LogP contribution in [0, 0.1) is 5.82 Å². The van der Waals surface area contributed by atoms with Crippen molar-refractivity contribution >= 4 is 11.6 Å². The second-order valence-electron chi connectivity index (χ2n) is 6.81. The first kappa shape index (κ1) is 21.0. The maximum atomic E-state index is 14.5. The summed E-state index contributed by atoms with van der Waals surface area (Å²) in [6.45, 7) is 2.61. The van der Waals surface area contributed by atoms with Crippen LogP contribution in [-0.2, 0) is 6.61 Å². The maximum absolute atomic E-state index is 14.5. The highest BCUT2D eigenvalue weighted by Gasteiger charge is 2.14. The number of nitrogens with zero attached hydrogens (tertiary/aromatic N) is 3. The van der Waals surface area contributed by atoms with E-state index in [2.05, 4.69) is 15.4 Å². The van der Waals surface area contributed by atoms with E-state index in [1.54, 1.807) is 61.2 Å². The number of halogens is 1. The fourth-order valence-electron chi connectivity index (χ4n) is 3.06. The number of benzene rings is 2. The van der Waals surface area contributed by atoms with Crippen LogP contribution in [0.15, 0.2) is 79.4 Å². The minimum atomic E-state index is -0.499. The van der Waals surface area contributed by atoms with Crippen molar-refractivity contribution in [3.8, 4) is 17.2 Å². The van der Waals surface area contributed by atoms with Gasteiger partial charge in [0.15, 0.2) is 17.3 Å². The number of anilines is 1. The molecule has 2 aromatic carbocycles. The van der Waals surface area contributed by atoms with Crippen LogP contribution >= 0.6 is 0 Å². The number of hydrogen-bond donors (Lipinski definition) is 1. The van der Waals surface area contributed by atoms with Gasteiger partial charge in [-0.3, -0.25) is 9.78 Å². The van der Waals surface area contributed by atoms with Gasteiger partial charge in [-0.25, -0.2) is 9.07 Å². The molecule has 162 valence electrons. The zero-order chi connectivity index (χ0) is 22.3. The van der Waals surface area contributed by atoms with E-state index in [4.69, 9.17) is 9.47 Å². The minimum absolute atomic E-state index is 0.294. The molecule has 0 aliphatic rings. The molecular weight excluding hydrogens is 411 g/mol. The molecule has 4 rings (SSSR count). The molecular formula is C24H21FN4O3. The van der Waals surface area contributed by atoms with E-state index in [-0.39, 0.29) is 0 Å². The normalized spacial score (nSPS) is 10.6. The Morgan fingerprint density at radius 3 is 2.59 bits per heavy atom. The topological polar surface area (TPSA) is 78.3 Å². The second kappa shape index (κ2) is 9.74. The lowest BCUT2D eigenvalue weighted by Crippen LogP contribution is -2.13. The van der Waals surface area contributed by atoms with Crippen molar-refractivity contribution in [2.75, 3.05) is 11.9 Å². The maximum Gasteiger partial charge on any atom is 0.255 e. The van der Waals surface area contributed by atoms with Gasteiger partial charge in [0.25, 0.3) is 5.91 Å². The molecule has 4 aromatic rings. The number of ether oxygens (including phenoxy) is 2. The third-order valence-corrected chi connectivity index (χ3v) is 4.61. The Labute approximate surface area is 184 Å². The van der Waals surface area contributed by atoms with E-state index in [0.29, 0.717) is 41.7 Å². The number of hydrogen-bond acceptors (Lipinski definition) is 5. The zero-order valence-electron chi connectivity index (χ0n) is 17.4. The number of rotatable bonds is 8. The van der Waals surface area contributed by atoms with E-state index in [0.717, 1.165) is 5.56 Å². The standard InChI is InChI=1S/C24H21FN4O3/c1-2-31-23-14-18(4-7-22(23)32-16-17-8-11-26-12-9-17)24(30)28-19-5-6-21(20(25)15-19)29-13-3-10-27-29/h3-15H,2,16H2,1H3,(H,28,30). The lowest BCUT2D eigenvalue weighted by atomic mass is 10.1. The Kier molecular flexibility index (Phi) is 6.41. The second-order valence-corrected chi connectivity index (χ2v) is 6.81. The van der Waals surface area contributed by atoms with Crippen LogP contribution in [0.2, 0.25) is 0 Å². The number of carbonyl (C=O) groups excluding carboxylic acids is 1. The van der Waals surface area contributed by atoms with Gasteiger partial charge in [-0.05, 0) is 67.1 Å². The van der Waals surface area contributed by atoms with E-state index in [9.17, 15) is 9.18 Å². The van der Waals surface area contributed by atoms with Crippen molar-refractivity contribution < 1.29 is 18.7 Å². The van der Waals surface area contributed by atoms with E-state index in [1.165, 1.54) is 10.7 Å². The first-order chi connectivity index (χ1) is 15.6. The van der Waals surface area contributed by atoms with Crippen molar-refractivity contribution in [2.45, 2.75) is 13.5 Å². The summed E-state index contributed by atoms with van der Waals surface area (Å²) >= 11 is 0. The van der Waals surface area contributed by atoms with Gasteiger partial charge in [0, 0.05) is 36.0 Å². The molecule has 1 N–H and O–H groups in total. The van der Waals surface area contributed by atoms with E-state index >= 15 is 0 Å². The van der Waals surface area contributed by atoms with Crippen molar-refractivity contribution in [3.63, 3.8) is 0 Å². The number of aromatic nitrogens is 3. The molecule has 2 heterocycles. The molecule has 1 amide bonds. The Bertz CT molecular complexity index is 1200. The number of nitrogens with one attached hydrogen (secondary N) is 1. The summed E-state index contributed by atoms with van der Waals surface area (Å²) in [4.78, 5) is 16.7. The summed E-state index contributed by atoms with van der Waals surface area (Å²) in [6.07, 6.45) is 6.60. The summed E-state index contributed by atoms with van der Waals surface area (Å²) in [5.41, 5.74) is 1.95. The van der Waals surface area contributed by atoms with Gasteiger partial charge in [0.05, 0.1) is 6.61 Å². The summed E-state index contributed by atoms with van der Waals surface area (Å²) in [5.74, 6) is 0.0866. The summed E-state index contributed by atoms with van der Waals surface area (Å²) in [6, 6.07) is 14.8. The van der Waals surface area contributed by atoms with Crippen molar-refractivity contribution in [3.05, 3.63) is 96.3 Å². The van der Waals surface area contributed by atoms with Crippen LogP contribution in [-0.4, -0.2) is 27.3 Å². The molecule has 32 heavy (non-hydrogen) atoms. The van der Waals surface area contributed by atoms with Crippen molar-refractivity contribution in [2.24, 2.45) is 0 Å². The predicted octanol–water partition coefficient (Wildman–Crippen LogP) is 4.64. The van der Waals surface area contributed by atoms with Gasteiger partial charge >= 0.3 is 0 Å². The Balaban J connectivity index is 1.48. The molecule has 0 fully saturated rings. The highest BCUT2D eigenvalue weighted by molar-refractivity contribution is 6.04. The van der Waals surface area contributed by atoms with Gasteiger partial charge in [0.2, 0.25) is 0 Å². The average molecular weight is 432 g/mol. The monoisotopic (exact) mass is 432 g/mol. The smallest absolute Gasteiger partial charge is 0.255 e. The highest BCUT2D eigenvalue weighted by Crippen LogP contribution is 2.30. The molecule has 0 saturated heterocycles. The molecule has 0 radical (unpaired) electrons. The first-order valence-electron chi connectivity index (χ1n) is 10.0. The zero-order valence-corrected chi connectivity index (χ0v) is 17.4. The largest absolute Gasteiger partial charge is 0.490 e. The van der Waals surface area contributed by atoms with Gasteiger partial charge in [-0.15, -0.1) is 0 Å². The van der Waals surface area contributed by atoms with Crippen LogP contribution < -0.4 is 14.8 Å². The molecule has 0 aliphatic heterocycles. The van der Waals surface area contributed by atoms with Crippen LogP contribution in [0.5, 0.6) is 11.5 Å². The molecule has 0 aliphatic carbocycles. The third kappa shape index (κ3) is 4.92. The van der Waals surface area contributed by atoms with E-state index in [1.807, 2.05) is 19.1 Å². The van der Waals surface area contributed by atoms with Crippen LogP contribution in [0.25, 0.3) is 5.69 Å². The lowest BCUT2D eigenvalue weighted by Gasteiger charge is -2.14. The fourth-order valence-corrected chi connectivity index (χ4v) is 3.06. The first-order valence-corrected chi connectivity index (χ1v) is 10.0. The molecule has 7 nitrogen and oxygen atoms in total. The molecule has 0 atom stereocenters. The van der Waals surface area contributed by atoms with Gasteiger partial charge in [-0.1, -0.05) is 0 Å². The molecule has 2 aromatic heterocycles. The molecule has 8 heteroatoms. The average Bonchev–Trinajstić information content (AvgIpc) is 3.34. The molecule has 0 saturated carbocycles. The summed E-state index contributed by atoms with van der Waals surface area (Å²) in [7, 11) is 0. The van der Waals surface area contributed by atoms with E-state index < -0.39 is 11.7 Å². The molecule has 0 spiro atoms. The predicted molar refractivity (Wildman–Crippen MR) is 118 cm³/mol. The van der Waals surface area contributed by atoms with Crippen LogP contribution in [0.1, 0.15) is 22.8 Å². The molecule has 0 unspecified atom stereocenters. The minimum Gasteiger partial charge on any atom is -0.490 e. The van der Waals surface area contributed by atoms with Crippen molar-refractivity contribution in [1.82, 2.24) is 14.8 Å². The lowest BCUT2D eigenvalue weighted by molar-refractivity contribution is 0.102. The van der Waals surface area contributed by atoms with Gasteiger partial charge in [0.1, 0.15) is 12.3 Å². The number of carbonyl (C=O) groups is 1. The Morgan fingerprint density at radius 2 is 1.88 bits per heavy atom. The number of pyridine rings is 1. The van der Waals surface area contributed by atoms with Crippen LogP contribution in [0.3, 0.4) is 0 Å². The molecule has 0 bridgehead atoms.